The van der Waals surface area contributed by atoms with Crippen LogP contribution in [0.1, 0.15) is 5.56 Å². The van der Waals surface area contributed by atoms with Gasteiger partial charge in [-0.3, -0.25) is 0 Å². The molecule has 0 radical (unpaired) electrons. The van der Waals surface area contributed by atoms with Crippen molar-refractivity contribution in [1.82, 2.24) is 0 Å². The number of primary amides is 1. The van der Waals surface area contributed by atoms with Crippen molar-refractivity contribution in [2.45, 2.75) is 0 Å². The average molecular weight is 253 g/mol. The maximum atomic E-state index is 11.3. The highest BCUT2D eigenvalue weighted by Gasteiger charge is 2.20. The molecule has 0 aliphatic carbocycles. The van der Waals surface area contributed by atoms with Gasteiger partial charge >= 0.3 is 6.09 Å². The van der Waals surface area contributed by atoms with Gasteiger partial charge in [0.25, 0.3) is 0 Å². The summed E-state index contributed by atoms with van der Waals surface area (Å²) in [5.74, 6) is 0.480. The lowest BCUT2D eigenvalue weighted by Crippen LogP contribution is -2.16. The van der Waals surface area contributed by atoms with E-state index in [1.165, 1.54) is 0 Å². The topological polar surface area (TPSA) is 86.5 Å². The summed E-state index contributed by atoms with van der Waals surface area (Å²) in [7, 11) is -2.97. The van der Waals surface area contributed by atoms with Crippen LogP contribution >= 0.6 is 0 Å². The number of amides is 1. The number of nitrogens with two attached hydrogens (primary N) is 1. The van der Waals surface area contributed by atoms with Gasteiger partial charge in [0, 0.05) is 0 Å². The summed E-state index contributed by atoms with van der Waals surface area (Å²) in [6.07, 6.45) is 0.819. The van der Waals surface area contributed by atoms with Crippen molar-refractivity contribution in [1.29, 1.82) is 0 Å². The zero-order valence-corrected chi connectivity index (χ0v) is 9.74. The van der Waals surface area contributed by atoms with Gasteiger partial charge < -0.3 is 10.5 Å². The largest absolute Gasteiger partial charge is 0.411 e. The van der Waals surface area contributed by atoms with Crippen LogP contribution in [0.4, 0.5) is 4.79 Å². The highest BCUT2D eigenvalue weighted by molar-refractivity contribution is 7.92. The highest BCUT2D eigenvalue weighted by Crippen LogP contribution is 2.24. The van der Waals surface area contributed by atoms with E-state index in [0.29, 0.717) is 5.75 Å². The van der Waals surface area contributed by atoms with Crippen LogP contribution in [0.15, 0.2) is 30.3 Å². The average Bonchev–Trinajstić information content (AvgIpc) is 2.59. The number of carbonyl (C=O) groups excluding carboxylic acids is 1. The second-order valence-electron chi connectivity index (χ2n) is 3.73. The van der Waals surface area contributed by atoms with E-state index < -0.39 is 15.9 Å². The summed E-state index contributed by atoms with van der Waals surface area (Å²) in [5, 5.41) is 0. The van der Waals surface area contributed by atoms with Crippen molar-refractivity contribution >= 4 is 21.5 Å². The molecule has 1 amide bonds. The number of sulfone groups is 1. The Labute approximate surface area is 98.8 Å². The van der Waals surface area contributed by atoms with Crippen LogP contribution in [0.25, 0.3) is 5.57 Å². The molecule has 1 aromatic carbocycles. The van der Waals surface area contributed by atoms with Crippen molar-refractivity contribution in [3.05, 3.63) is 35.9 Å². The summed E-state index contributed by atoms with van der Waals surface area (Å²) >= 11 is 0. The molecule has 0 atom stereocenters. The molecule has 1 aliphatic heterocycles. The molecular weight excluding hydrogens is 242 g/mol. The summed E-state index contributed by atoms with van der Waals surface area (Å²) < 4.78 is 27.3. The van der Waals surface area contributed by atoms with Crippen LogP contribution in [-0.4, -0.2) is 26.0 Å². The van der Waals surface area contributed by atoms with Gasteiger partial charge in [0.2, 0.25) is 0 Å². The Morgan fingerprint density at radius 3 is 2.35 bits per heavy atom. The summed E-state index contributed by atoms with van der Waals surface area (Å²) in [4.78, 5) is 10.5. The molecule has 2 rings (SSSR count). The Hall–Kier alpha value is -1.82. The minimum atomic E-state index is -2.97. The maximum Gasteiger partial charge on any atom is 0.409 e. The minimum absolute atomic E-state index is 0.0586. The smallest absolute Gasteiger partial charge is 0.409 e. The molecule has 0 aromatic heterocycles. The van der Waals surface area contributed by atoms with Crippen LogP contribution in [0.2, 0.25) is 0 Å². The fourth-order valence-electron chi connectivity index (χ4n) is 1.64. The van der Waals surface area contributed by atoms with Crippen molar-refractivity contribution in [3.8, 4) is 5.75 Å². The monoisotopic (exact) mass is 253 g/mol. The van der Waals surface area contributed by atoms with Crippen LogP contribution in [0.5, 0.6) is 5.75 Å². The van der Waals surface area contributed by atoms with Gasteiger partial charge in [0.05, 0.1) is 11.5 Å². The fourth-order valence-corrected chi connectivity index (χ4v) is 2.97. The van der Waals surface area contributed by atoms with Crippen LogP contribution < -0.4 is 10.5 Å². The molecule has 0 bridgehead atoms. The van der Waals surface area contributed by atoms with Gasteiger partial charge in [-0.15, -0.1) is 0 Å². The summed E-state index contributed by atoms with van der Waals surface area (Å²) in [5.41, 5.74) is 6.45. The van der Waals surface area contributed by atoms with Crippen molar-refractivity contribution in [2.24, 2.45) is 5.73 Å². The SMILES string of the molecule is NC(=O)Oc1ccc(C2=CCS(=O)(=O)C2)cc1. The van der Waals surface area contributed by atoms with E-state index >= 15 is 0 Å². The highest BCUT2D eigenvalue weighted by atomic mass is 32.2. The predicted octanol–water partition coefficient (Wildman–Crippen LogP) is 0.956. The maximum absolute atomic E-state index is 11.3. The van der Waals surface area contributed by atoms with E-state index in [1.54, 1.807) is 30.3 Å². The first-order valence-electron chi connectivity index (χ1n) is 4.93. The van der Waals surface area contributed by atoms with E-state index in [0.717, 1.165) is 11.1 Å². The zero-order chi connectivity index (χ0) is 12.5. The molecule has 1 aromatic rings. The normalized spacial score (nSPS) is 17.5. The number of ether oxygens (including phenoxy) is 1. The molecule has 5 nitrogen and oxygen atoms in total. The van der Waals surface area contributed by atoms with Gasteiger partial charge in [-0.05, 0) is 23.3 Å². The van der Waals surface area contributed by atoms with Crippen molar-refractivity contribution in [2.75, 3.05) is 11.5 Å². The summed E-state index contributed by atoms with van der Waals surface area (Å²) in [6, 6.07) is 6.55. The fraction of sp³-hybridized carbons (Fsp3) is 0.182. The quantitative estimate of drug-likeness (QED) is 0.850. The molecule has 0 unspecified atom stereocenters. The van der Waals surface area contributed by atoms with E-state index in [9.17, 15) is 13.2 Å². The number of hydrogen-bond acceptors (Lipinski definition) is 4. The summed E-state index contributed by atoms with van der Waals surface area (Å²) in [6.45, 7) is 0. The molecule has 0 fully saturated rings. The van der Waals surface area contributed by atoms with E-state index in [4.69, 9.17) is 5.73 Å². The van der Waals surface area contributed by atoms with Crippen LogP contribution in [0, 0.1) is 0 Å². The molecule has 1 aliphatic rings. The molecule has 6 heteroatoms. The number of rotatable bonds is 2. The van der Waals surface area contributed by atoms with Crippen LogP contribution in [-0.2, 0) is 9.84 Å². The number of hydrogen-bond donors (Lipinski definition) is 1. The van der Waals surface area contributed by atoms with Gasteiger partial charge in [-0.25, -0.2) is 13.2 Å². The molecule has 1 heterocycles. The molecular formula is C11H11NO4S. The Bertz CT molecular complexity index is 572. The second kappa shape index (κ2) is 4.21. The van der Waals surface area contributed by atoms with Crippen molar-refractivity contribution in [3.63, 3.8) is 0 Å². The van der Waals surface area contributed by atoms with E-state index in [2.05, 4.69) is 4.74 Å². The molecule has 90 valence electrons. The molecule has 2 N–H and O–H groups in total. The third-order valence-electron chi connectivity index (χ3n) is 2.40. The molecule has 0 saturated carbocycles. The third-order valence-corrected chi connectivity index (χ3v) is 3.83. The first-order chi connectivity index (χ1) is 7.96. The zero-order valence-electron chi connectivity index (χ0n) is 8.92. The van der Waals surface area contributed by atoms with Gasteiger partial charge in [-0.1, -0.05) is 18.2 Å². The predicted molar refractivity (Wildman–Crippen MR) is 63.3 cm³/mol. The van der Waals surface area contributed by atoms with Gasteiger partial charge in [0.15, 0.2) is 9.84 Å². The third kappa shape index (κ3) is 2.85. The lowest BCUT2D eigenvalue weighted by molar-refractivity contribution is 0.211. The Kier molecular flexibility index (Phi) is 2.89. The Morgan fingerprint density at radius 1 is 1.24 bits per heavy atom. The number of carbonyl (C=O) groups is 1. The molecule has 0 spiro atoms. The first-order valence-corrected chi connectivity index (χ1v) is 6.75. The van der Waals surface area contributed by atoms with Gasteiger partial charge in [0.1, 0.15) is 5.75 Å². The first kappa shape index (κ1) is 11.7. The van der Waals surface area contributed by atoms with Gasteiger partial charge in [-0.2, -0.15) is 0 Å². The Morgan fingerprint density at radius 2 is 1.88 bits per heavy atom. The van der Waals surface area contributed by atoms with Crippen LogP contribution in [0.3, 0.4) is 0 Å². The van der Waals surface area contributed by atoms with E-state index in [1.807, 2.05) is 0 Å². The Balaban J connectivity index is 2.17. The second-order valence-corrected chi connectivity index (χ2v) is 5.84. The lowest BCUT2D eigenvalue weighted by Gasteiger charge is -2.03. The molecule has 0 saturated heterocycles. The van der Waals surface area contributed by atoms with E-state index in [-0.39, 0.29) is 11.5 Å². The molecule has 17 heavy (non-hydrogen) atoms. The minimum Gasteiger partial charge on any atom is -0.411 e. The number of benzene rings is 1. The standard InChI is InChI=1S/C11H11NO4S/c12-11(13)16-10-3-1-8(2-4-10)9-5-6-17(14,15)7-9/h1-5H,6-7H2,(H2,12,13). The van der Waals surface area contributed by atoms with Crippen molar-refractivity contribution < 1.29 is 17.9 Å². The lowest BCUT2D eigenvalue weighted by atomic mass is 10.1.